The zero-order valence-corrected chi connectivity index (χ0v) is 33.8. The lowest BCUT2D eigenvalue weighted by atomic mass is 10.0. The first-order valence-corrected chi connectivity index (χ1v) is 20.3. The van der Waals surface area contributed by atoms with E-state index >= 15 is 0 Å². The first kappa shape index (κ1) is 40.5. The molecule has 5 atom stereocenters. The smallest absolute Gasteiger partial charge is 0.408 e. The molecule has 2 aromatic carbocycles. The predicted octanol–water partition coefficient (Wildman–Crippen LogP) is 6.38. The Morgan fingerprint density at radius 1 is 0.690 bits per heavy atom. The Hall–Kier alpha value is -5.70. The van der Waals surface area contributed by atoms with E-state index in [4.69, 9.17) is 19.2 Å². The van der Waals surface area contributed by atoms with Gasteiger partial charge in [0.15, 0.2) is 0 Å². The van der Waals surface area contributed by atoms with Crippen molar-refractivity contribution >= 4 is 24.0 Å². The minimum Gasteiger partial charge on any atom is -0.453 e. The van der Waals surface area contributed by atoms with E-state index in [2.05, 4.69) is 74.1 Å². The van der Waals surface area contributed by atoms with Crippen LogP contribution < -0.4 is 10.6 Å². The third kappa shape index (κ3) is 8.89. The summed E-state index contributed by atoms with van der Waals surface area (Å²) in [5.74, 6) is 0.924. The fourth-order valence-corrected chi connectivity index (χ4v) is 8.11. The summed E-state index contributed by atoms with van der Waals surface area (Å²) < 4.78 is 15.6. The molecule has 15 heteroatoms. The highest BCUT2D eigenvalue weighted by Gasteiger charge is 2.39. The number of alkyl carbamates (subject to hydrolysis) is 2. The quantitative estimate of drug-likeness (QED) is 0.126. The molecule has 0 saturated carbocycles. The number of methoxy groups -OCH3 is 1. The lowest BCUT2D eigenvalue weighted by Gasteiger charge is -2.30. The van der Waals surface area contributed by atoms with Crippen molar-refractivity contribution < 1.29 is 33.4 Å². The average molecular weight is 795 g/mol. The van der Waals surface area contributed by atoms with Crippen LogP contribution in [-0.4, -0.2) is 105 Å². The van der Waals surface area contributed by atoms with Crippen LogP contribution >= 0.6 is 0 Å². The number of rotatable bonds is 12. The van der Waals surface area contributed by atoms with Crippen LogP contribution in [0.25, 0.3) is 33.6 Å². The van der Waals surface area contributed by atoms with Crippen LogP contribution in [0.1, 0.15) is 83.5 Å². The molecule has 58 heavy (non-hydrogen) atoms. The van der Waals surface area contributed by atoms with Crippen molar-refractivity contribution in [2.24, 2.45) is 11.8 Å². The zero-order valence-electron chi connectivity index (χ0n) is 33.8. The topological polar surface area (TPSA) is 184 Å². The Morgan fingerprint density at radius 3 is 1.55 bits per heavy atom. The molecular weight excluding hydrogens is 741 g/mol. The molecule has 0 bridgehead atoms. The first-order chi connectivity index (χ1) is 28.0. The Kier molecular flexibility index (Phi) is 12.5. The Bertz CT molecular complexity index is 2050. The number of hydrogen-bond donors (Lipinski definition) is 4. The lowest BCUT2D eigenvalue weighted by Crippen LogP contribution is -2.51. The molecule has 4 aromatic rings. The van der Waals surface area contributed by atoms with E-state index in [0.717, 1.165) is 71.0 Å². The van der Waals surface area contributed by atoms with E-state index in [1.165, 1.54) is 7.11 Å². The summed E-state index contributed by atoms with van der Waals surface area (Å²) in [6.45, 7) is 9.75. The number of nitrogens with zero attached hydrogens (tertiary/aromatic N) is 4. The number of imidazole rings is 2. The standard InChI is InChI=1S/C43H54N8O7/c1-25(2)36(48-42(54)56-5)40(52)50-19-6-8-34(50)38-44-22-32(46-38)29-14-10-27(11-15-29)28-12-16-30(17-13-28)33-23-45-39(47-33)35-9-7-20-51(35)41(53)37(26(3)4)49-43(55)58-31-18-21-57-24-31/h10-17,22-23,25-26,31,34-37H,6-9,18-21,24H2,1-5H3,(H,44,46)(H,45,47)(H,48,54)(H,49,55)/t31-,34?,35+,36+,37+/m1/s1. The van der Waals surface area contributed by atoms with E-state index in [9.17, 15) is 19.2 Å². The maximum absolute atomic E-state index is 13.8. The molecule has 0 radical (unpaired) electrons. The normalized spacial score (nSPS) is 20.4. The van der Waals surface area contributed by atoms with E-state index in [-0.39, 0.29) is 41.8 Å². The van der Waals surface area contributed by atoms with E-state index in [0.29, 0.717) is 32.7 Å². The Labute approximate surface area is 338 Å². The van der Waals surface area contributed by atoms with Crippen LogP contribution in [0.15, 0.2) is 60.9 Å². The number of aromatic amines is 2. The zero-order chi connectivity index (χ0) is 40.9. The second-order valence-corrected chi connectivity index (χ2v) is 16.0. The van der Waals surface area contributed by atoms with Crippen LogP contribution in [0.3, 0.4) is 0 Å². The first-order valence-electron chi connectivity index (χ1n) is 20.3. The van der Waals surface area contributed by atoms with Gasteiger partial charge in [0.25, 0.3) is 0 Å². The van der Waals surface area contributed by atoms with Crippen LogP contribution in [0.2, 0.25) is 0 Å². The number of ether oxygens (including phenoxy) is 3. The van der Waals surface area contributed by atoms with Gasteiger partial charge in [-0.1, -0.05) is 76.2 Å². The number of H-pyrrole nitrogens is 2. The van der Waals surface area contributed by atoms with Crippen LogP contribution in [-0.2, 0) is 23.8 Å². The number of aromatic nitrogens is 4. The van der Waals surface area contributed by atoms with Gasteiger partial charge in [-0.15, -0.1) is 0 Å². The maximum atomic E-state index is 13.8. The molecule has 3 aliphatic heterocycles. The second-order valence-electron chi connectivity index (χ2n) is 16.0. The molecule has 3 fully saturated rings. The van der Waals surface area contributed by atoms with E-state index in [1.807, 2.05) is 32.6 Å². The molecule has 3 aliphatic rings. The summed E-state index contributed by atoms with van der Waals surface area (Å²) in [6, 6.07) is 14.7. The van der Waals surface area contributed by atoms with Crippen LogP contribution in [0.4, 0.5) is 9.59 Å². The van der Waals surface area contributed by atoms with E-state index < -0.39 is 24.3 Å². The third-order valence-corrected chi connectivity index (χ3v) is 11.4. The van der Waals surface area contributed by atoms with Gasteiger partial charge in [0.1, 0.15) is 29.8 Å². The summed E-state index contributed by atoms with van der Waals surface area (Å²) in [7, 11) is 1.29. The second kappa shape index (κ2) is 17.8. The Balaban J connectivity index is 0.979. The van der Waals surface area contributed by atoms with Crippen LogP contribution in [0, 0.1) is 11.8 Å². The number of nitrogens with one attached hydrogen (secondary N) is 4. The fourth-order valence-electron chi connectivity index (χ4n) is 8.11. The van der Waals surface area contributed by atoms with Gasteiger partial charge in [-0.25, -0.2) is 19.6 Å². The van der Waals surface area contributed by atoms with Gasteiger partial charge in [-0.2, -0.15) is 0 Å². The van der Waals surface area contributed by atoms with Gasteiger partial charge in [0.2, 0.25) is 11.8 Å². The number of benzene rings is 2. The molecule has 0 spiro atoms. The van der Waals surface area contributed by atoms with Crippen molar-refractivity contribution in [2.45, 2.75) is 90.1 Å². The van der Waals surface area contributed by atoms with Gasteiger partial charge < -0.3 is 44.6 Å². The summed E-state index contributed by atoms with van der Waals surface area (Å²) in [5.41, 5.74) is 5.77. The SMILES string of the molecule is COC(=O)N[C@H](C(=O)N1CCCC1c1ncc(-c2ccc(-c3ccc(-c4cnc([C@@H]5CCCN5C(=O)[C@@H](NC(=O)O[C@@H]5CCOC5)C(C)C)[nH]4)cc3)cc2)[nH]1)C(C)C. The molecule has 5 heterocycles. The molecule has 1 unspecified atom stereocenters. The number of carbonyl (C=O) groups excluding carboxylic acids is 4. The molecule has 4 N–H and O–H groups in total. The maximum Gasteiger partial charge on any atom is 0.408 e. The molecule has 3 saturated heterocycles. The van der Waals surface area contributed by atoms with Gasteiger partial charge in [0, 0.05) is 19.5 Å². The summed E-state index contributed by atoms with van der Waals surface area (Å²) in [5, 5.41) is 5.51. The Morgan fingerprint density at radius 2 is 1.14 bits per heavy atom. The highest BCUT2D eigenvalue weighted by Crippen LogP contribution is 2.35. The van der Waals surface area contributed by atoms with Gasteiger partial charge >= 0.3 is 12.2 Å². The van der Waals surface area contributed by atoms with Crippen molar-refractivity contribution in [1.82, 2.24) is 40.4 Å². The van der Waals surface area contributed by atoms with Gasteiger partial charge in [-0.05, 0) is 59.8 Å². The molecule has 7 rings (SSSR count). The number of hydrogen-bond acceptors (Lipinski definition) is 9. The predicted molar refractivity (Wildman–Crippen MR) is 216 cm³/mol. The minimum absolute atomic E-state index is 0.106. The number of carbonyl (C=O) groups is 4. The van der Waals surface area contributed by atoms with E-state index in [1.54, 1.807) is 17.3 Å². The summed E-state index contributed by atoms with van der Waals surface area (Å²) in [6.07, 6.45) is 5.99. The molecule has 4 amide bonds. The van der Waals surface area contributed by atoms with Crippen molar-refractivity contribution in [3.05, 3.63) is 72.6 Å². The summed E-state index contributed by atoms with van der Waals surface area (Å²) in [4.78, 5) is 71.9. The van der Waals surface area contributed by atoms with Crippen molar-refractivity contribution in [3.63, 3.8) is 0 Å². The largest absolute Gasteiger partial charge is 0.453 e. The van der Waals surface area contributed by atoms with Gasteiger partial charge in [0.05, 0.1) is 56.2 Å². The fraction of sp³-hybridized carbons (Fsp3) is 0.488. The molecule has 15 nitrogen and oxygen atoms in total. The molecular formula is C43H54N8O7. The monoisotopic (exact) mass is 794 g/mol. The highest BCUT2D eigenvalue weighted by molar-refractivity contribution is 5.87. The average Bonchev–Trinajstić information content (AvgIpc) is 4.08. The molecule has 2 aromatic heterocycles. The van der Waals surface area contributed by atoms with Crippen molar-refractivity contribution in [1.29, 1.82) is 0 Å². The van der Waals surface area contributed by atoms with Gasteiger partial charge in [-0.3, -0.25) is 9.59 Å². The molecule has 0 aliphatic carbocycles. The number of likely N-dealkylation sites (tertiary alicyclic amines) is 2. The molecule has 308 valence electrons. The number of amides is 4. The lowest BCUT2D eigenvalue weighted by molar-refractivity contribution is -0.136. The summed E-state index contributed by atoms with van der Waals surface area (Å²) >= 11 is 0. The highest BCUT2D eigenvalue weighted by atomic mass is 16.6. The van der Waals surface area contributed by atoms with Crippen molar-refractivity contribution in [3.8, 4) is 33.6 Å². The third-order valence-electron chi connectivity index (χ3n) is 11.4. The van der Waals surface area contributed by atoms with Crippen molar-refractivity contribution in [2.75, 3.05) is 33.4 Å². The minimum atomic E-state index is -0.717. The van der Waals surface area contributed by atoms with Crippen LogP contribution in [0.5, 0.6) is 0 Å².